The highest BCUT2D eigenvalue weighted by Crippen LogP contribution is 2.30. The van der Waals surface area contributed by atoms with E-state index >= 15 is 0 Å². The van der Waals surface area contributed by atoms with E-state index in [4.69, 9.17) is 0 Å². The summed E-state index contributed by atoms with van der Waals surface area (Å²) in [6.45, 7) is 4.04. The Balaban J connectivity index is 1.83. The van der Waals surface area contributed by atoms with Crippen LogP contribution in [-0.2, 0) is 6.54 Å². The molecule has 18 heavy (non-hydrogen) atoms. The SMILES string of the molecule is CC1CCCC1CNCc1cccc([N+](=O)[O-])c1. The molecule has 1 aliphatic carbocycles. The molecule has 1 aromatic rings. The highest BCUT2D eigenvalue weighted by atomic mass is 16.6. The van der Waals surface area contributed by atoms with E-state index in [9.17, 15) is 10.1 Å². The molecule has 0 bridgehead atoms. The first-order valence-corrected chi connectivity index (χ1v) is 6.61. The van der Waals surface area contributed by atoms with Gasteiger partial charge in [0.05, 0.1) is 4.92 Å². The van der Waals surface area contributed by atoms with Crippen molar-refractivity contribution in [2.75, 3.05) is 6.54 Å². The number of hydrogen-bond donors (Lipinski definition) is 1. The number of rotatable bonds is 5. The Morgan fingerprint density at radius 2 is 2.28 bits per heavy atom. The van der Waals surface area contributed by atoms with Gasteiger partial charge >= 0.3 is 0 Å². The van der Waals surface area contributed by atoms with Gasteiger partial charge in [0, 0.05) is 18.7 Å². The molecule has 0 amide bonds. The van der Waals surface area contributed by atoms with Crippen molar-refractivity contribution < 1.29 is 4.92 Å². The molecule has 0 heterocycles. The Kier molecular flexibility index (Phi) is 4.31. The van der Waals surface area contributed by atoms with Crippen LogP contribution in [0.2, 0.25) is 0 Å². The van der Waals surface area contributed by atoms with Gasteiger partial charge in [-0.2, -0.15) is 0 Å². The van der Waals surface area contributed by atoms with Crippen LogP contribution in [0.3, 0.4) is 0 Å². The molecule has 1 fully saturated rings. The van der Waals surface area contributed by atoms with E-state index in [1.54, 1.807) is 12.1 Å². The fraction of sp³-hybridized carbons (Fsp3) is 0.571. The minimum absolute atomic E-state index is 0.170. The van der Waals surface area contributed by atoms with Crippen LogP contribution in [0.15, 0.2) is 24.3 Å². The van der Waals surface area contributed by atoms with Crippen LogP contribution >= 0.6 is 0 Å². The largest absolute Gasteiger partial charge is 0.312 e. The summed E-state index contributed by atoms with van der Waals surface area (Å²) in [7, 11) is 0. The molecular formula is C14H20N2O2. The molecule has 4 nitrogen and oxygen atoms in total. The van der Waals surface area contributed by atoms with Crippen molar-refractivity contribution in [2.24, 2.45) is 11.8 Å². The van der Waals surface area contributed by atoms with E-state index in [1.807, 2.05) is 6.07 Å². The molecule has 4 heteroatoms. The summed E-state index contributed by atoms with van der Waals surface area (Å²) >= 11 is 0. The molecule has 1 N–H and O–H groups in total. The van der Waals surface area contributed by atoms with Crippen molar-refractivity contribution in [1.29, 1.82) is 0 Å². The Morgan fingerprint density at radius 1 is 1.44 bits per heavy atom. The van der Waals surface area contributed by atoms with Crippen molar-refractivity contribution in [1.82, 2.24) is 5.32 Å². The topological polar surface area (TPSA) is 55.2 Å². The molecule has 2 rings (SSSR count). The second kappa shape index (κ2) is 5.96. The van der Waals surface area contributed by atoms with Gasteiger partial charge in [-0.25, -0.2) is 0 Å². The Morgan fingerprint density at radius 3 is 2.94 bits per heavy atom. The minimum Gasteiger partial charge on any atom is -0.312 e. The maximum absolute atomic E-state index is 10.7. The number of non-ortho nitro benzene ring substituents is 1. The monoisotopic (exact) mass is 248 g/mol. The van der Waals surface area contributed by atoms with E-state index in [0.29, 0.717) is 6.54 Å². The molecule has 2 unspecified atom stereocenters. The molecule has 0 aliphatic heterocycles. The molecule has 0 aromatic heterocycles. The summed E-state index contributed by atoms with van der Waals surface area (Å²) in [6, 6.07) is 6.85. The number of benzene rings is 1. The molecule has 0 spiro atoms. The predicted octanol–water partition coefficient (Wildman–Crippen LogP) is 3.12. The lowest BCUT2D eigenvalue weighted by Crippen LogP contribution is -2.23. The maximum Gasteiger partial charge on any atom is 0.269 e. The summed E-state index contributed by atoms with van der Waals surface area (Å²) in [6.07, 6.45) is 3.98. The average Bonchev–Trinajstić information content (AvgIpc) is 2.76. The Bertz CT molecular complexity index is 420. The third kappa shape index (κ3) is 3.29. The Hall–Kier alpha value is -1.42. The third-order valence-electron chi connectivity index (χ3n) is 3.90. The second-order valence-corrected chi connectivity index (χ2v) is 5.23. The zero-order valence-corrected chi connectivity index (χ0v) is 10.8. The standard InChI is InChI=1S/C14H20N2O2/c1-11-4-2-6-13(11)10-15-9-12-5-3-7-14(8-12)16(17)18/h3,5,7-8,11,13,15H,2,4,6,9-10H2,1H3. The minimum atomic E-state index is -0.345. The molecule has 1 saturated carbocycles. The summed E-state index contributed by atoms with van der Waals surface area (Å²) in [5.74, 6) is 1.58. The van der Waals surface area contributed by atoms with Crippen LogP contribution in [0.1, 0.15) is 31.7 Å². The molecule has 0 radical (unpaired) electrons. The van der Waals surface area contributed by atoms with Gasteiger partial charge < -0.3 is 5.32 Å². The quantitative estimate of drug-likeness (QED) is 0.643. The lowest BCUT2D eigenvalue weighted by Gasteiger charge is -2.15. The molecule has 0 saturated heterocycles. The summed E-state index contributed by atoms with van der Waals surface area (Å²) in [4.78, 5) is 10.3. The fourth-order valence-electron chi connectivity index (χ4n) is 2.71. The fourth-order valence-corrected chi connectivity index (χ4v) is 2.71. The van der Waals surface area contributed by atoms with Crippen LogP contribution in [0.5, 0.6) is 0 Å². The molecule has 1 aromatic carbocycles. The van der Waals surface area contributed by atoms with Gasteiger partial charge in [0.2, 0.25) is 0 Å². The van der Waals surface area contributed by atoms with Crippen molar-refractivity contribution in [2.45, 2.75) is 32.7 Å². The predicted molar refractivity (Wildman–Crippen MR) is 71.3 cm³/mol. The van der Waals surface area contributed by atoms with Crippen molar-refractivity contribution in [3.63, 3.8) is 0 Å². The summed E-state index contributed by atoms with van der Waals surface area (Å²) < 4.78 is 0. The molecular weight excluding hydrogens is 228 g/mol. The lowest BCUT2D eigenvalue weighted by molar-refractivity contribution is -0.384. The zero-order chi connectivity index (χ0) is 13.0. The van der Waals surface area contributed by atoms with E-state index in [2.05, 4.69) is 12.2 Å². The van der Waals surface area contributed by atoms with Crippen molar-refractivity contribution >= 4 is 5.69 Å². The second-order valence-electron chi connectivity index (χ2n) is 5.23. The van der Waals surface area contributed by atoms with E-state index in [1.165, 1.54) is 25.3 Å². The van der Waals surface area contributed by atoms with Gasteiger partial charge in [-0.1, -0.05) is 31.9 Å². The van der Waals surface area contributed by atoms with Crippen LogP contribution < -0.4 is 5.32 Å². The number of nitro groups is 1. The highest BCUT2D eigenvalue weighted by Gasteiger charge is 2.22. The van der Waals surface area contributed by atoms with Crippen LogP contribution in [0.4, 0.5) is 5.69 Å². The van der Waals surface area contributed by atoms with E-state index in [-0.39, 0.29) is 10.6 Å². The van der Waals surface area contributed by atoms with Crippen molar-refractivity contribution in [3.8, 4) is 0 Å². The lowest BCUT2D eigenvalue weighted by atomic mass is 9.98. The van der Waals surface area contributed by atoms with E-state index < -0.39 is 0 Å². The van der Waals surface area contributed by atoms with Gasteiger partial charge in [-0.05, 0) is 30.4 Å². The van der Waals surface area contributed by atoms with Gasteiger partial charge in [0.25, 0.3) is 5.69 Å². The van der Waals surface area contributed by atoms with Gasteiger partial charge in [-0.15, -0.1) is 0 Å². The van der Waals surface area contributed by atoms with Crippen molar-refractivity contribution in [3.05, 3.63) is 39.9 Å². The van der Waals surface area contributed by atoms with Gasteiger partial charge in [0.1, 0.15) is 0 Å². The molecule has 98 valence electrons. The number of nitrogens with zero attached hydrogens (tertiary/aromatic N) is 1. The summed E-state index contributed by atoms with van der Waals surface area (Å²) in [5.41, 5.74) is 1.15. The normalized spacial score (nSPS) is 23.2. The smallest absolute Gasteiger partial charge is 0.269 e. The number of nitro benzene ring substituents is 1. The highest BCUT2D eigenvalue weighted by molar-refractivity contribution is 5.34. The Labute approximate surface area is 108 Å². The van der Waals surface area contributed by atoms with Crippen LogP contribution in [0.25, 0.3) is 0 Å². The van der Waals surface area contributed by atoms with Gasteiger partial charge in [0.15, 0.2) is 0 Å². The zero-order valence-electron chi connectivity index (χ0n) is 10.8. The maximum atomic E-state index is 10.7. The van der Waals surface area contributed by atoms with E-state index in [0.717, 1.165) is 23.9 Å². The van der Waals surface area contributed by atoms with Crippen LogP contribution in [-0.4, -0.2) is 11.5 Å². The summed E-state index contributed by atoms with van der Waals surface area (Å²) in [5, 5.41) is 14.1. The number of hydrogen-bond acceptors (Lipinski definition) is 3. The first kappa shape index (κ1) is 13.0. The molecule has 2 atom stereocenters. The first-order chi connectivity index (χ1) is 8.66. The molecule has 1 aliphatic rings. The third-order valence-corrected chi connectivity index (χ3v) is 3.90. The van der Waals surface area contributed by atoms with Gasteiger partial charge in [-0.3, -0.25) is 10.1 Å². The average molecular weight is 248 g/mol. The first-order valence-electron chi connectivity index (χ1n) is 6.61. The van der Waals surface area contributed by atoms with Crippen LogP contribution in [0, 0.1) is 22.0 Å². The number of nitrogens with one attached hydrogen (secondary N) is 1.